The van der Waals surface area contributed by atoms with Crippen molar-refractivity contribution >= 4 is 11.4 Å². The number of benzene rings is 1. The average molecular weight is 212 g/mol. The molecule has 0 aliphatic carbocycles. The lowest BCUT2D eigenvalue weighted by molar-refractivity contribution is 0.548. The Morgan fingerprint density at radius 1 is 1.00 bits per heavy atom. The predicted molar refractivity (Wildman–Crippen MR) is 56.8 cm³/mol. The zero-order chi connectivity index (χ0) is 10.8. The summed E-state index contributed by atoms with van der Waals surface area (Å²) in [4.78, 5) is 1.93. The summed E-state index contributed by atoms with van der Waals surface area (Å²) < 4.78 is 26.4. The van der Waals surface area contributed by atoms with E-state index in [1.54, 1.807) is 0 Å². The maximum atomic E-state index is 13.5. The highest BCUT2D eigenvalue weighted by atomic mass is 19.1. The topological polar surface area (TPSA) is 29.3 Å². The molecule has 1 fully saturated rings. The highest BCUT2D eigenvalue weighted by Crippen LogP contribution is 2.27. The predicted octanol–water partition coefficient (Wildman–Crippen LogP) is 2.54. The number of nitrogens with zero attached hydrogens (tertiary/aromatic N) is 1. The summed E-state index contributed by atoms with van der Waals surface area (Å²) in [5.41, 5.74) is 5.86. The number of anilines is 2. The first kappa shape index (κ1) is 10.2. The number of halogens is 2. The SMILES string of the molecule is Nc1cc(N2CCCCC2)c(F)cc1F. The fourth-order valence-corrected chi connectivity index (χ4v) is 1.93. The van der Waals surface area contributed by atoms with E-state index < -0.39 is 11.6 Å². The standard InChI is InChI=1S/C11H14F2N2/c12-8-6-9(13)11(7-10(8)14)15-4-2-1-3-5-15/h6-7H,1-5,14H2. The van der Waals surface area contributed by atoms with Crippen LogP contribution in [0.3, 0.4) is 0 Å². The van der Waals surface area contributed by atoms with Crippen molar-refractivity contribution in [1.29, 1.82) is 0 Å². The molecule has 0 atom stereocenters. The fourth-order valence-electron chi connectivity index (χ4n) is 1.93. The van der Waals surface area contributed by atoms with Crippen molar-refractivity contribution in [2.24, 2.45) is 0 Å². The Morgan fingerprint density at radius 3 is 2.33 bits per heavy atom. The number of nitrogens with two attached hydrogens (primary N) is 1. The number of hydrogen-bond donors (Lipinski definition) is 1. The Labute approximate surface area is 87.7 Å². The van der Waals surface area contributed by atoms with Gasteiger partial charge in [-0.05, 0) is 25.3 Å². The molecule has 2 rings (SSSR count). The van der Waals surface area contributed by atoms with Crippen molar-refractivity contribution in [3.05, 3.63) is 23.8 Å². The quantitative estimate of drug-likeness (QED) is 0.725. The molecule has 0 bridgehead atoms. The molecule has 15 heavy (non-hydrogen) atoms. The van der Waals surface area contributed by atoms with E-state index in [1.807, 2.05) is 4.90 Å². The molecule has 1 saturated heterocycles. The molecule has 0 aromatic heterocycles. The first-order valence-electron chi connectivity index (χ1n) is 5.18. The van der Waals surface area contributed by atoms with Gasteiger partial charge in [-0.1, -0.05) is 0 Å². The van der Waals surface area contributed by atoms with Crippen LogP contribution in [0, 0.1) is 11.6 Å². The normalized spacial score (nSPS) is 16.8. The van der Waals surface area contributed by atoms with E-state index in [9.17, 15) is 8.78 Å². The van der Waals surface area contributed by atoms with E-state index in [0.717, 1.165) is 32.0 Å². The van der Waals surface area contributed by atoms with Gasteiger partial charge in [0.05, 0.1) is 11.4 Å². The molecule has 1 aliphatic rings. The van der Waals surface area contributed by atoms with Crippen LogP contribution in [0.15, 0.2) is 12.1 Å². The Bertz CT molecular complexity index is 360. The summed E-state index contributed by atoms with van der Waals surface area (Å²) in [6, 6.07) is 2.25. The third kappa shape index (κ3) is 2.03. The Kier molecular flexibility index (Phi) is 2.75. The van der Waals surface area contributed by atoms with Gasteiger partial charge in [0.25, 0.3) is 0 Å². The molecule has 0 radical (unpaired) electrons. The Balaban J connectivity index is 2.30. The van der Waals surface area contributed by atoms with E-state index in [1.165, 1.54) is 12.5 Å². The minimum absolute atomic E-state index is 0.0111. The Hall–Kier alpha value is -1.32. The largest absolute Gasteiger partial charge is 0.396 e. The summed E-state index contributed by atoms with van der Waals surface area (Å²) in [6.45, 7) is 1.64. The van der Waals surface area contributed by atoms with Crippen molar-refractivity contribution in [3.8, 4) is 0 Å². The molecular formula is C11H14F2N2. The van der Waals surface area contributed by atoms with Gasteiger partial charge in [-0.2, -0.15) is 0 Å². The van der Waals surface area contributed by atoms with Crippen LogP contribution in [0.25, 0.3) is 0 Å². The van der Waals surface area contributed by atoms with Gasteiger partial charge in [-0.15, -0.1) is 0 Å². The minimum atomic E-state index is -0.687. The molecular weight excluding hydrogens is 198 g/mol. The second-order valence-corrected chi connectivity index (χ2v) is 3.87. The summed E-state index contributed by atoms with van der Waals surface area (Å²) in [6.07, 6.45) is 3.28. The van der Waals surface area contributed by atoms with E-state index in [4.69, 9.17) is 5.73 Å². The second kappa shape index (κ2) is 4.04. The number of piperidine rings is 1. The van der Waals surface area contributed by atoms with Gasteiger partial charge in [0, 0.05) is 19.2 Å². The molecule has 0 spiro atoms. The molecule has 0 amide bonds. The zero-order valence-corrected chi connectivity index (χ0v) is 8.47. The first-order valence-corrected chi connectivity index (χ1v) is 5.18. The van der Waals surface area contributed by atoms with Gasteiger partial charge >= 0.3 is 0 Å². The summed E-state index contributed by atoms with van der Waals surface area (Å²) in [5.74, 6) is -1.21. The van der Waals surface area contributed by atoms with Crippen molar-refractivity contribution in [2.45, 2.75) is 19.3 Å². The van der Waals surface area contributed by atoms with Crippen LogP contribution in [0.4, 0.5) is 20.2 Å². The molecule has 1 aromatic carbocycles. The molecule has 1 heterocycles. The second-order valence-electron chi connectivity index (χ2n) is 3.87. The average Bonchev–Trinajstić information content (AvgIpc) is 2.25. The van der Waals surface area contributed by atoms with Crippen LogP contribution in [0.2, 0.25) is 0 Å². The van der Waals surface area contributed by atoms with Crippen molar-refractivity contribution in [2.75, 3.05) is 23.7 Å². The lowest BCUT2D eigenvalue weighted by atomic mass is 10.1. The minimum Gasteiger partial charge on any atom is -0.396 e. The number of rotatable bonds is 1. The number of nitrogen functional groups attached to an aromatic ring is 1. The van der Waals surface area contributed by atoms with Crippen LogP contribution in [-0.2, 0) is 0 Å². The van der Waals surface area contributed by atoms with Crippen molar-refractivity contribution in [1.82, 2.24) is 0 Å². The highest BCUT2D eigenvalue weighted by molar-refractivity contribution is 5.57. The van der Waals surface area contributed by atoms with Crippen LogP contribution in [0.5, 0.6) is 0 Å². The van der Waals surface area contributed by atoms with E-state index >= 15 is 0 Å². The van der Waals surface area contributed by atoms with Gasteiger partial charge in [0.15, 0.2) is 0 Å². The highest BCUT2D eigenvalue weighted by Gasteiger charge is 2.16. The van der Waals surface area contributed by atoms with Crippen LogP contribution < -0.4 is 10.6 Å². The van der Waals surface area contributed by atoms with Crippen molar-refractivity contribution in [3.63, 3.8) is 0 Å². The van der Waals surface area contributed by atoms with Gasteiger partial charge in [-0.25, -0.2) is 8.78 Å². The van der Waals surface area contributed by atoms with Crippen molar-refractivity contribution < 1.29 is 8.78 Å². The molecule has 82 valence electrons. The van der Waals surface area contributed by atoms with Crippen LogP contribution >= 0.6 is 0 Å². The lowest BCUT2D eigenvalue weighted by Crippen LogP contribution is -2.30. The summed E-state index contributed by atoms with van der Waals surface area (Å²) >= 11 is 0. The van der Waals surface area contributed by atoms with E-state index in [0.29, 0.717) is 5.69 Å². The third-order valence-electron chi connectivity index (χ3n) is 2.76. The maximum Gasteiger partial charge on any atom is 0.149 e. The summed E-state index contributed by atoms with van der Waals surface area (Å²) in [7, 11) is 0. The van der Waals surface area contributed by atoms with Gasteiger partial charge < -0.3 is 10.6 Å². The Morgan fingerprint density at radius 2 is 1.67 bits per heavy atom. The molecule has 1 aliphatic heterocycles. The molecule has 4 heteroatoms. The molecule has 1 aromatic rings. The monoisotopic (exact) mass is 212 g/mol. The molecule has 2 N–H and O–H groups in total. The van der Waals surface area contributed by atoms with Gasteiger partial charge in [-0.3, -0.25) is 0 Å². The lowest BCUT2D eigenvalue weighted by Gasteiger charge is -2.29. The molecule has 2 nitrogen and oxygen atoms in total. The fraction of sp³-hybridized carbons (Fsp3) is 0.455. The zero-order valence-electron chi connectivity index (χ0n) is 8.47. The van der Waals surface area contributed by atoms with E-state index in [2.05, 4.69) is 0 Å². The van der Waals surface area contributed by atoms with Crippen LogP contribution in [-0.4, -0.2) is 13.1 Å². The maximum absolute atomic E-state index is 13.5. The van der Waals surface area contributed by atoms with E-state index in [-0.39, 0.29) is 5.69 Å². The summed E-state index contributed by atoms with van der Waals surface area (Å²) in [5, 5.41) is 0. The van der Waals surface area contributed by atoms with Gasteiger partial charge in [0.2, 0.25) is 0 Å². The third-order valence-corrected chi connectivity index (χ3v) is 2.76. The van der Waals surface area contributed by atoms with Gasteiger partial charge in [0.1, 0.15) is 11.6 Å². The molecule has 0 unspecified atom stereocenters. The number of hydrogen-bond acceptors (Lipinski definition) is 2. The smallest absolute Gasteiger partial charge is 0.149 e. The first-order chi connectivity index (χ1) is 7.18. The van der Waals surface area contributed by atoms with Crippen LogP contribution in [0.1, 0.15) is 19.3 Å². The molecule has 0 saturated carbocycles.